The molecule has 0 fully saturated rings. The second-order valence-corrected chi connectivity index (χ2v) is 0.569. The normalized spacial score (nSPS) is 5.29. The summed E-state index contributed by atoms with van der Waals surface area (Å²) in [7, 11) is 0. The molecule has 7 heavy (non-hydrogen) atoms. The summed E-state index contributed by atoms with van der Waals surface area (Å²) < 4.78 is 0. The van der Waals surface area contributed by atoms with Crippen molar-refractivity contribution < 1.29 is 70.7 Å². The van der Waals surface area contributed by atoms with Gasteiger partial charge in [0, 0.05) is 70.7 Å². The summed E-state index contributed by atoms with van der Waals surface area (Å²) in [6.07, 6.45) is 3.64. The fourth-order valence-corrected chi connectivity index (χ4v) is 0. The van der Waals surface area contributed by atoms with E-state index in [1.54, 1.807) is 6.08 Å². The van der Waals surface area contributed by atoms with Gasteiger partial charge >= 0.3 is 0 Å². The first-order valence-corrected chi connectivity index (χ1v) is 1.32. The van der Waals surface area contributed by atoms with E-state index in [2.05, 4.69) is 6.92 Å². The zero-order valence-electron chi connectivity index (χ0n) is 4.22. The van der Waals surface area contributed by atoms with Crippen LogP contribution in [0.3, 0.4) is 0 Å². The van der Waals surface area contributed by atoms with Gasteiger partial charge in [0.05, 0.1) is 0 Å². The molecule has 0 saturated heterocycles. The molecule has 3 heteroatoms. The van der Waals surface area contributed by atoms with Crippen molar-refractivity contribution in [3.05, 3.63) is 19.1 Å². The van der Waals surface area contributed by atoms with Crippen molar-refractivity contribution in [2.24, 2.45) is 0 Å². The first kappa shape index (κ1) is 23.1. The summed E-state index contributed by atoms with van der Waals surface area (Å²) in [4.78, 5) is 0. The molecule has 0 unspecified atom stereocenters. The van der Waals surface area contributed by atoms with Crippen LogP contribution >= 0.6 is 0 Å². The van der Waals surface area contributed by atoms with E-state index in [0.29, 0.717) is 0 Å². The third-order valence-corrected chi connectivity index (χ3v) is 0.236. The Morgan fingerprint density at radius 3 is 1.57 bits per heavy atom. The maximum atomic E-state index is 3.42. The van der Waals surface area contributed by atoms with Crippen LogP contribution < -0.4 is 0 Å². The number of hydrogen-bond donors (Lipinski definition) is 0. The van der Waals surface area contributed by atoms with Gasteiger partial charge in [0.1, 0.15) is 0 Å². The molecule has 1 radical (unpaired) electrons. The van der Waals surface area contributed by atoms with Gasteiger partial charge in [-0.2, -0.15) is 0 Å². The van der Waals surface area contributed by atoms with Crippen molar-refractivity contribution in [2.45, 2.75) is 6.92 Å². The molecule has 0 aliphatic carbocycles. The minimum absolute atomic E-state index is 0. The van der Waals surface area contributed by atoms with Gasteiger partial charge in [0.25, 0.3) is 0 Å². The van der Waals surface area contributed by atoms with Crippen molar-refractivity contribution in [1.29, 1.82) is 0 Å². The minimum atomic E-state index is 0. The first-order valence-electron chi connectivity index (χ1n) is 1.32. The topological polar surface area (TPSA) is 0 Å². The van der Waals surface area contributed by atoms with E-state index >= 15 is 0 Å². The van der Waals surface area contributed by atoms with Crippen LogP contribution in [0.15, 0.2) is 12.2 Å². The monoisotopic (exact) mass is 528 g/mol. The molecule has 0 N–H and O–H groups in total. The molecule has 0 aromatic carbocycles. The van der Waals surface area contributed by atoms with Crippen LogP contribution in [0.25, 0.3) is 0 Å². The van der Waals surface area contributed by atoms with Gasteiger partial charge in [-0.15, -0.1) is 6.92 Å². The standard InChI is InChI=1S/C4H7.U.V.W/c1-3-4-2;;;/h3-4H,1H2,2H3;;;/q-1;;;. The molecule has 0 aromatic heterocycles. The summed E-state index contributed by atoms with van der Waals surface area (Å²) in [5.74, 6) is 0. The molecule has 0 amide bonds. The molecule has 0 spiro atoms. The van der Waals surface area contributed by atoms with Crippen molar-refractivity contribution >= 4 is 0 Å². The minimum Gasteiger partial charge on any atom is -0.245 e. The van der Waals surface area contributed by atoms with Gasteiger partial charge in [-0.3, -0.25) is 0 Å². The molecule has 39 valence electrons. The van der Waals surface area contributed by atoms with Gasteiger partial charge in [0.2, 0.25) is 0 Å². The Bertz CT molecular complexity index is 26.9. The fourth-order valence-electron chi connectivity index (χ4n) is 0. The molecule has 0 nitrogen and oxygen atoms in total. The molecule has 0 aliphatic heterocycles. The van der Waals surface area contributed by atoms with E-state index in [1.807, 2.05) is 13.0 Å². The largest absolute Gasteiger partial charge is 0.245 e. The first-order chi connectivity index (χ1) is 1.91. The number of allylic oxidation sites excluding steroid dienone is 2. The summed E-state index contributed by atoms with van der Waals surface area (Å²) in [5.41, 5.74) is 0. The van der Waals surface area contributed by atoms with E-state index < -0.39 is 0 Å². The predicted molar refractivity (Wildman–Crippen MR) is 20.2 cm³/mol. The third-order valence-electron chi connectivity index (χ3n) is 0.236. The average Bonchev–Trinajstić information content (AvgIpc) is 1.37. The predicted octanol–water partition coefficient (Wildman–Crippen LogP) is 1.39. The molecule has 0 atom stereocenters. The van der Waals surface area contributed by atoms with E-state index in [1.165, 1.54) is 0 Å². The van der Waals surface area contributed by atoms with Crippen LogP contribution in [0.1, 0.15) is 6.92 Å². The van der Waals surface area contributed by atoms with E-state index in [9.17, 15) is 0 Å². The molecule has 0 rings (SSSR count). The third kappa shape index (κ3) is 32.4. The summed E-state index contributed by atoms with van der Waals surface area (Å²) in [6.45, 7) is 5.36. The SMILES string of the molecule is [CH2-]C=CC.[U].[V].[W]. The Morgan fingerprint density at radius 2 is 1.57 bits per heavy atom. The van der Waals surface area contributed by atoms with Crippen LogP contribution in [0.4, 0.5) is 0 Å². The van der Waals surface area contributed by atoms with Crippen LogP contribution in [0.2, 0.25) is 0 Å². The Kier molecular flexibility index (Phi) is 81.3. The molecule has 0 aromatic rings. The zero-order chi connectivity index (χ0) is 3.41. The molecule has 0 aliphatic rings. The van der Waals surface area contributed by atoms with Crippen molar-refractivity contribution in [2.75, 3.05) is 0 Å². The molecule has 0 saturated carbocycles. The molecular formula is C4H7UVW-. The van der Waals surface area contributed by atoms with Crippen LogP contribution in [-0.2, 0) is 39.6 Å². The molecule has 0 heterocycles. The fraction of sp³-hybridized carbons (Fsp3) is 0.250. The van der Waals surface area contributed by atoms with Gasteiger partial charge in [-0.05, 0) is 0 Å². The van der Waals surface area contributed by atoms with E-state index in [-0.39, 0.29) is 70.7 Å². The molecule has 0 bridgehead atoms. The van der Waals surface area contributed by atoms with Crippen LogP contribution in [0.5, 0.6) is 0 Å². The smallest absolute Gasteiger partial charge is 0 e. The van der Waals surface area contributed by atoms with Gasteiger partial charge in [0.15, 0.2) is 0 Å². The Morgan fingerprint density at radius 1 is 1.43 bits per heavy atom. The van der Waals surface area contributed by atoms with Crippen molar-refractivity contribution in [1.82, 2.24) is 0 Å². The quantitative estimate of drug-likeness (QED) is 0.418. The van der Waals surface area contributed by atoms with Gasteiger partial charge < -0.3 is 0 Å². The van der Waals surface area contributed by atoms with Crippen LogP contribution in [-0.4, -0.2) is 0 Å². The average molecular weight is 528 g/mol. The zero-order valence-corrected chi connectivity index (χ0v) is 12.7. The van der Waals surface area contributed by atoms with Gasteiger partial charge in [-0.25, -0.2) is 19.1 Å². The second kappa shape index (κ2) is 24.6. The second-order valence-electron chi connectivity index (χ2n) is 0.569. The van der Waals surface area contributed by atoms with Crippen molar-refractivity contribution in [3.8, 4) is 0 Å². The maximum Gasteiger partial charge on any atom is 0 e. The Balaban J connectivity index is -0.0000000150. The number of hydrogen-bond acceptors (Lipinski definition) is 0. The maximum absolute atomic E-state index is 3.42. The van der Waals surface area contributed by atoms with Crippen molar-refractivity contribution in [3.63, 3.8) is 0 Å². The summed E-state index contributed by atoms with van der Waals surface area (Å²) >= 11 is 0. The Hall–Kier alpha value is 1.93. The van der Waals surface area contributed by atoms with E-state index in [4.69, 9.17) is 0 Å². The number of rotatable bonds is 0. The molecular weight excluding hydrogens is 521 g/mol. The van der Waals surface area contributed by atoms with E-state index in [0.717, 1.165) is 0 Å². The summed E-state index contributed by atoms with van der Waals surface area (Å²) in [5, 5.41) is 0. The van der Waals surface area contributed by atoms with Crippen LogP contribution in [0, 0.1) is 38.0 Å². The summed E-state index contributed by atoms with van der Waals surface area (Å²) in [6, 6.07) is 0. The van der Waals surface area contributed by atoms with Gasteiger partial charge in [-0.1, -0.05) is 0 Å². The Labute approximate surface area is 95.4 Å².